The maximum absolute atomic E-state index is 6.79. The van der Waals surface area contributed by atoms with E-state index in [4.69, 9.17) is 13.3 Å². The minimum absolute atomic E-state index is 0.164. The molecule has 0 unspecified atom stereocenters. The Kier molecular flexibility index (Phi) is 3.98. The van der Waals surface area contributed by atoms with Crippen LogP contribution < -0.4 is 21.7 Å². The molecule has 0 aliphatic carbocycles. The minimum atomic E-state index is -0.164. The fourth-order valence-electron chi connectivity index (χ4n) is 7.11. The van der Waals surface area contributed by atoms with Crippen LogP contribution in [0.5, 0.6) is 0 Å². The molecule has 0 amide bonds. The summed E-state index contributed by atoms with van der Waals surface area (Å²) in [4.78, 5) is 2.34. The summed E-state index contributed by atoms with van der Waals surface area (Å²) in [6.45, 7) is -0.164. The van der Waals surface area contributed by atoms with E-state index in [1.54, 1.807) is 0 Å². The third kappa shape index (κ3) is 2.66. The van der Waals surface area contributed by atoms with Gasteiger partial charge in [0.15, 0.2) is 0 Å². The van der Waals surface area contributed by atoms with E-state index in [0.29, 0.717) is 0 Å². The Morgan fingerprint density at radius 2 is 1.17 bits per heavy atom. The van der Waals surface area contributed by atoms with Crippen LogP contribution >= 0.6 is 0 Å². The van der Waals surface area contributed by atoms with Crippen LogP contribution in [0.4, 0.5) is 17.1 Å². The molecule has 5 heteroatoms. The SMILES string of the molecule is c1ccc(-c2ccc3c4c2-c2c(oc5ccccc25)B4c2oc4ccccc4c2N3c2coc3ccccc23)cc1. The lowest BCUT2D eigenvalue weighted by Gasteiger charge is -2.32. The molecule has 0 saturated carbocycles. The first-order valence-corrected chi connectivity index (χ1v) is 13.9. The zero-order valence-electron chi connectivity index (χ0n) is 21.8. The van der Waals surface area contributed by atoms with Crippen molar-refractivity contribution in [1.29, 1.82) is 0 Å². The van der Waals surface area contributed by atoms with Crippen molar-refractivity contribution in [3.05, 3.63) is 122 Å². The van der Waals surface area contributed by atoms with Crippen molar-refractivity contribution in [1.82, 2.24) is 0 Å². The second-order valence-corrected chi connectivity index (χ2v) is 10.8. The van der Waals surface area contributed by atoms with Crippen LogP contribution in [-0.4, -0.2) is 6.71 Å². The van der Waals surface area contributed by atoms with E-state index in [0.717, 1.165) is 66.9 Å². The molecule has 0 atom stereocenters. The minimum Gasteiger partial charge on any atom is -0.469 e. The molecule has 8 aromatic rings. The van der Waals surface area contributed by atoms with Crippen LogP contribution in [0.25, 0.3) is 55.2 Å². The summed E-state index contributed by atoms with van der Waals surface area (Å²) in [5.74, 6) is 0. The first-order chi connectivity index (χ1) is 20.4. The van der Waals surface area contributed by atoms with E-state index < -0.39 is 0 Å². The van der Waals surface area contributed by atoms with E-state index in [1.807, 2.05) is 30.5 Å². The molecule has 2 aliphatic rings. The van der Waals surface area contributed by atoms with Crippen molar-refractivity contribution in [3.63, 3.8) is 0 Å². The van der Waals surface area contributed by atoms with Gasteiger partial charge in [-0.1, -0.05) is 78.9 Å². The van der Waals surface area contributed by atoms with Crippen molar-refractivity contribution in [2.24, 2.45) is 0 Å². The van der Waals surface area contributed by atoms with Gasteiger partial charge in [0.05, 0.1) is 17.0 Å². The number of hydrogen-bond donors (Lipinski definition) is 0. The van der Waals surface area contributed by atoms with Gasteiger partial charge in [0.1, 0.15) is 28.7 Å². The molecule has 0 radical (unpaired) electrons. The van der Waals surface area contributed by atoms with Crippen LogP contribution in [0.3, 0.4) is 0 Å². The highest BCUT2D eigenvalue weighted by molar-refractivity contribution is 7.00. The van der Waals surface area contributed by atoms with Gasteiger partial charge in [-0.05, 0) is 58.6 Å². The molecule has 41 heavy (non-hydrogen) atoms. The third-order valence-corrected chi connectivity index (χ3v) is 8.75. The number of para-hydroxylation sites is 3. The molecule has 3 aromatic heterocycles. The van der Waals surface area contributed by atoms with Crippen LogP contribution in [0.15, 0.2) is 135 Å². The number of benzene rings is 5. The Morgan fingerprint density at radius 3 is 2.00 bits per heavy atom. The van der Waals surface area contributed by atoms with Gasteiger partial charge in [-0.3, -0.25) is 0 Å². The fraction of sp³-hybridized carbons (Fsp3) is 0. The van der Waals surface area contributed by atoms with E-state index >= 15 is 0 Å². The van der Waals surface area contributed by atoms with Gasteiger partial charge in [-0.15, -0.1) is 0 Å². The zero-order valence-corrected chi connectivity index (χ0v) is 21.8. The average Bonchev–Trinajstić information content (AvgIpc) is 3.79. The lowest BCUT2D eigenvalue weighted by Crippen LogP contribution is -2.53. The maximum atomic E-state index is 6.79. The normalized spacial score (nSPS) is 13.3. The van der Waals surface area contributed by atoms with Crippen molar-refractivity contribution in [2.45, 2.75) is 0 Å². The van der Waals surface area contributed by atoms with Crippen molar-refractivity contribution in [3.8, 4) is 22.3 Å². The molecular formula is C36H20BNO3. The molecule has 5 aromatic carbocycles. The molecule has 190 valence electrons. The molecule has 0 bridgehead atoms. The molecule has 0 spiro atoms. The largest absolute Gasteiger partial charge is 0.469 e. The van der Waals surface area contributed by atoms with Gasteiger partial charge in [0.2, 0.25) is 0 Å². The summed E-state index contributed by atoms with van der Waals surface area (Å²) in [5, 5.41) is 3.25. The summed E-state index contributed by atoms with van der Waals surface area (Å²) in [6, 6.07) is 40.0. The third-order valence-electron chi connectivity index (χ3n) is 8.75. The number of fused-ring (bicyclic) bond motifs is 10. The molecule has 0 N–H and O–H groups in total. The van der Waals surface area contributed by atoms with Gasteiger partial charge in [0, 0.05) is 27.4 Å². The maximum Gasteiger partial charge on any atom is 0.338 e. The molecule has 0 fully saturated rings. The zero-order chi connectivity index (χ0) is 26.7. The quantitative estimate of drug-likeness (QED) is 0.216. The second-order valence-electron chi connectivity index (χ2n) is 10.8. The van der Waals surface area contributed by atoms with Gasteiger partial charge in [-0.25, -0.2) is 0 Å². The highest BCUT2D eigenvalue weighted by Crippen LogP contribution is 2.49. The van der Waals surface area contributed by atoms with Gasteiger partial charge in [-0.2, -0.15) is 0 Å². The Labute approximate surface area is 235 Å². The smallest absolute Gasteiger partial charge is 0.338 e. The Bertz CT molecular complexity index is 2340. The monoisotopic (exact) mass is 525 g/mol. The lowest BCUT2D eigenvalue weighted by molar-refractivity contribution is 0.616. The summed E-state index contributed by atoms with van der Waals surface area (Å²) in [6.07, 6.45) is 1.87. The van der Waals surface area contributed by atoms with Gasteiger partial charge >= 0.3 is 6.71 Å². The molecule has 0 saturated heterocycles. The number of rotatable bonds is 2. The van der Waals surface area contributed by atoms with E-state index in [-0.39, 0.29) is 6.71 Å². The van der Waals surface area contributed by atoms with Crippen LogP contribution in [0, 0.1) is 0 Å². The van der Waals surface area contributed by atoms with Crippen LogP contribution in [-0.2, 0) is 0 Å². The second kappa shape index (κ2) is 7.61. The number of nitrogens with zero attached hydrogens (tertiary/aromatic N) is 1. The van der Waals surface area contributed by atoms with E-state index in [1.165, 1.54) is 22.2 Å². The van der Waals surface area contributed by atoms with E-state index in [2.05, 4.69) is 95.9 Å². The molecule has 2 aliphatic heterocycles. The van der Waals surface area contributed by atoms with Crippen molar-refractivity contribution in [2.75, 3.05) is 4.90 Å². The fourth-order valence-corrected chi connectivity index (χ4v) is 7.11. The van der Waals surface area contributed by atoms with E-state index in [9.17, 15) is 0 Å². The standard InChI is InChI=1S/C36H20BNO3/c1-2-10-21(11-3-1)22-18-19-26-33-31(22)32-24-13-5-8-16-29(24)40-35(32)37(33)36-34(25-14-6-9-17-30(25)41-36)38(26)27-20-39-28-15-7-4-12-23(27)28/h1-20H. The first-order valence-electron chi connectivity index (χ1n) is 13.9. The van der Waals surface area contributed by atoms with Gasteiger partial charge in [0.25, 0.3) is 0 Å². The van der Waals surface area contributed by atoms with Crippen LogP contribution in [0.1, 0.15) is 0 Å². The number of anilines is 3. The molecule has 5 heterocycles. The average molecular weight is 525 g/mol. The highest BCUT2D eigenvalue weighted by atomic mass is 16.3. The lowest BCUT2D eigenvalue weighted by atomic mass is 9.41. The molecule has 10 rings (SSSR count). The van der Waals surface area contributed by atoms with Gasteiger partial charge < -0.3 is 18.2 Å². The summed E-state index contributed by atoms with van der Waals surface area (Å²) < 4.78 is 19.6. The van der Waals surface area contributed by atoms with Crippen molar-refractivity contribution >= 4 is 73.5 Å². The predicted octanol–water partition coefficient (Wildman–Crippen LogP) is 7.87. The number of hydrogen-bond acceptors (Lipinski definition) is 4. The summed E-state index contributed by atoms with van der Waals surface area (Å²) >= 11 is 0. The predicted molar refractivity (Wildman–Crippen MR) is 166 cm³/mol. The Morgan fingerprint density at radius 1 is 0.512 bits per heavy atom. The molecule has 4 nitrogen and oxygen atoms in total. The Hall–Kier alpha value is -5.42. The summed E-state index contributed by atoms with van der Waals surface area (Å²) in [7, 11) is 0. The Balaban J connectivity index is 1.39. The number of furan rings is 3. The van der Waals surface area contributed by atoms with Crippen LogP contribution in [0.2, 0.25) is 0 Å². The topological polar surface area (TPSA) is 42.7 Å². The summed E-state index contributed by atoms with van der Waals surface area (Å²) in [5.41, 5.74) is 13.6. The van der Waals surface area contributed by atoms with Crippen molar-refractivity contribution < 1.29 is 13.3 Å². The first kappa shape index (κ1) is 21.4. The highest BCUT2D eigenvalue weighted by Gasteiger charge is 2.50. The molecular weight excluding hydrogens is 505 g/mol.